The van der Waals surface area contributed by atoms with Crippen molar-refractivity contribution in [3.63, 3.8) is 0 Å². The van der Waals surface area contributed by atoms with Crippen molar-refractivity contribution in [2.45, 2.75) is 38.8 Å². The molecular formula is C12H21NO4S. The topological polar surface area (TPSA) is 64.6 Å². The van der Waals surface area contributed by atoms with Gasteiger partial charge in [-0.2, -0.15) is 11.8 Å². The number of esters is 1. The summed E-state index contributed by atoms with van der Waals surface area (Å²) >= 11 is 1.70. The summed E-state index contributed by atoms with van der Waals surface area (Å²) in [6.45, 7) is 5.42. The maximum absolute atomic E-state index is 11.7. The van der Waals surface area contributed by atoms with Crippen molar-refractivity contribution >= 4 is 23.8 Å². The molecule has 0 spiro atoms. The number of ether oxygens (including phenoxy) is 2. The van der Waals surface area contributed by atoms with Gasteiger partial charge in [0.25, 0.3) is 0 Å². The van der Waals surface area contributed by atoms with E-state index in [1.54, 1.807) is 32.5 Å². The number of alkyl carbamates (subject to hydrolysis) is 1. The van der Waals surface area contributed by atoms with E-state index in [4.69, 9.17) is 9.47 Å². The van der Waals surface area contributed by atoms with E-state index in [2.05, 4.69) is 5.32 Å². The summed E-state index contributed by atoms with van der Waals surface area (Å²) in [6, 6.07) is -0.200. The summed E-state index contributed by atoms with van der Waals surface area (Å²) in [5.74, 6) is 1.03. The van der Waals surface area contributed by atoms with Gasteiger partial charge in [-0.15, -0.1) is 0 Å². The molecule has 1 aliphatic heterocycles. The van der Waals surface area contributed by atoms with Gasteiger partial charge in [0.05, 0.1) is 13.0 Å². The van der Waals surface area contributed by atoms with Gasteiger partial charge in [-0.05, 0) is 32.9 Å². The number of hydrogen-bond donors (Lipinski definition) is 1. The van der Waals surface area contributed by atoms with Crippen molar-refractivity contribution in [2.75, 3.05) is 18.6 Å². The molecule has 0 unspecified atom stereocenters. The Morgan fingerprint density at radius 1 is 1.33 bits per heavy atom. The Balaban J connectivity index is 2.57. The zero-order chi connectivity index (χ0) is 13.8. The normalized spacial score (nSPS) is 24.2. The van der Waals surface area contributed by atoms with E-state index in [1.807, 2.05) is 0 Å². The van der Waals surface area contributed by atoms with Gasteiger partial charge < -0.3 is 14.8 Å². The summed E-state index contributed by atoms with van der Waals surface area (Å²) in [5.41, 5.74) is -0.533. The summed E-state index contributed by atoms with van der Waals surface area (Å²) in [5, 5.41) is 2.77. The van der Waals surface area contributed by atoms with E-state index in [-0.39, 0.29) is 17.9 Å². The average Bonchev–Trinajstić information content (AvgIpc) is 2.26. The van der Waals surface area contributed by atoms with Crippen molar-refractivity contribution in [3.05, 3.63) is 0 Å². The molecule has 1 fully saturated rings. The third-order valence-corrected chi connectivity index (χ3v) is 3.68. The highest BCUT2D eigenvalue weighted by atomic mass is 32.2. The van der Waals surface area contributed by atoms with Crippen LogP contribution in [0.15, 0.2) is 0 Å². The van der Waals surface area contributed by atoms with Crippen molar-refractivity contribution in [1.29, 1.82) is 0 Å². The maximum atomic E-state index is 11.7. The number of hydrogen-bond acceptors (Lipinski definition) is 5. The third-order valence-electron chi connectivity index (χ3n) is 2.56. The second kappa shape index (κ2) is 6.31. The molecule has 0 aromatic rings. The van der Waals surface area contributed by atoms with Crippen LogP contribution < -0.4 is 5.32 Å². The fourth-order valence-corrected chi connectivity index (χ4v) is 2.96. The van der Waals surface area contributed by atoms with Gasteiger partial charge in [0.1, 0.15) is 5.60 Å². The maximum Gasteiger partial charge on any atom is 0.407 e. The monoisotopic (exact) mass is 275 g/mol. The van der Waals surface area contributed by atoms with Gasteiger partial charge in [0.2, 0.25) is 0 Å². The van der Waals surface area contributed by atoms with Gasteiger partial charge in [-0.25, -0.2) is 4.79 Å². The molecule has 1 amide bonds. The predicted octanol–water partition coefficient (Wildman–Crippen LogP) is 1.81. The van der Waals surface area contributed by atoms with Crippen LogP contribution in [0, 0.1) is 5.92 Å². The van der Waals surface area contributed by atoms with E-state index >= 15 is 0 Å². The summed E-state index contributed by atoms with van der Waals surface area (Å²) in [7, 11) is 1.37. The predicted molar refractivity (Wildman–Crippen MR) is 70.6 cm³/mol. The molecule has 0 aromatic carbocycles. The first kappa shape index (κ1) is 15.1. The van der Waals surface area contributed by atoms with Gasteiger partial charge in [0.15, 0.2) is 0 Å². The molecule has 6 heteroatoms. The highest BCUT2D eigenvalue weighted by Gasteiger charge is 2.34. The first-order valence-electron chi connectivity index (χ1n) is 5.98. The number of carbonyl (C=O) groups is 2. The quantitative estimate of drug-likeness (QED) is 0.779. The van der Waals surface area contributed by atoms with E-state index in [0.29, 0.717) is 5.75 Å². The SMILES string of the molecule is COC(=O)[C@H]1CSCC[C@@H]1NC(=O)OC(C)(C)C. The molecule has 1 rings (SSSR count). The van der Waals surface area contributed by atoms with Crippen LogP contribution in [0.25, 0.3) is 0 Å². The van der Waals surface area contributed by atoms with Crippen LogP contribution in [0.2, 0.25) is 0 Å². The Kier molecular flexibility index (Phi) is 5.31. The van der Waals surface area contributed by atoms with E-state index in [9.17, 15) is 9.59 Å². The van der Waals surface area contributed by atoms with E-state index in [1.165, 1.54) is 7.11 Å². The van der Waals surface area contributed by atoms with Crippen LogP contribution in [0.5, 0.6) is 0 Å². The molecule has 104 valence electrons. The average molecular weight is 275 g/mol. The van der Waals surface area contributed by atoms with Crippen LogP contribution in [0.3, 0.4) is 0 Å². The molecular weight excluding hydrogens is 254 g/mol. The van der Waals surface area contributed by atoms with E-state index < -0.39 is 11.7 Å². The Hall–Kier alpha value is -0.910. The third kappa shape index (κ3) is 4.76. The molecule has 18 heavy (non-hydrogen) atoms. The van der Waals surface area contributed by atoms with Crippen molar-refractivity contribution in [1.82, 2.24) is 5.32 Å². The van der Waals surface area contributed by atoms with E-state index in [0.717, 1.165) is 12.2 Å². The molecule has 1 saturated heterocycles. The molecule has 0 saturated carbocycles. The van der Waals surface area contributed by atoms with Crippen molar-refractivity contribution in [3.8, 4) is 0 Å². The Morgan fingerprint density at radius 2 is 2.00 bits per heavy atom. The molecule has 2 atom stereocenters. The lowest BCUT2D eigenvalue weighted by Gasteiger charge is -2.30. The van der Waals surface area contributed by atoms with Crippen LogP contribution in [0.1, 0.15) is 27.2 Å². The molecule has 0 radical (unpaired) electrons. The molecule has 1 aliphatic rings. The Labute approximate surface area is 112 Å². The number of rotatable bonds is 2. The minimum atomic E-state index is -0.533. The van der Waals surface area contributed by atoms with Crippen LogP contribution in [-0.2, 0) is 14.3 Å². The number of methoxy groups -OCH3 is 1. The second-order valence-corrected chi connectivity index (χ2v) is 6.40. The van der Waals surface area contributed by atoms with Crippen LogP contribution in [0.4, 0.5) is 4.79 Å². The van der Waals surface area contributed by atoms with Gasteiger partial charge in [-0.1, -0.05) is 0 Å². The first-order valence-corrected chi connectivity index (χ1v) is 7.14. The van der Waals surface area contributed by atoms with Crippen molar-refractivity contribution < 1.29 is 19.1 Å². The van der Waals surface area contributed by atoms with Crippen LogP contribution >= 0.6 is 11.8 Å². The summed E-state index contributed by atoms with van der Waals surface area (Å²) in [4.78, 5) is 23.3. The highest BCUT2D eigenvalue weighted by Crippen LogP contribution is 2.24. The van der Waals surface area contributed by atoms with Crippen LogP contribution in [-0.4, -0.2) is 42.3 Å². The molecule has 5 nitrogen and oxygen atoms in total. The Bertz CT molecular complexity index is 314. The minimum Gasteiger partial charge on any atom is -0.469 e. The highest BCUT2D eigenvalue weighted by molar-refractivity contribution is 7.99. The molecule has 0 aliphatic carbocycles. The zero-order valence-electron chi connectivity index (χ0n) is 11.3. The fourth-order valence-electron chi connectivity index (χ4n) is 1.75. The second-order valence-electron chi connectivity index (χ2n) is 5.25. The minimum absolute atomic E-state index is 0.200. The summed E-state index contributed by atoms with van der Waals surface area (Å²) < 4.78 is 9.95. The molecule has 1 heterocycles. The largest absolute Gasteiger partial charge is 0.469 e. The molecule has 1 N–H and O–H groups in total. The smallest absolute Gasteiger partial charge is 0.407 e. The Morgan fingerprint density at radius 3 is 2.56 bits per heavy atom. The number of carbonyl (C=O) groups excluding carboxylic acids is 2. The lowest BCUT2D eigenvalue weighted by Crippen LogP contribution is -2.48. The fraction of sp³-hybridized carbons (Fsp3) is 0.833. The lowest BCUT2D eigenvalue weighted by atomic mass is 9.99. The van der Waals surface area contributed by atoms with Gasteiger partial charge in [-0.3, -0.25) is 4.79 Å². The molecule has 0 bridgehead atoms. The zero-order valence-corrected chi connectivity index (χ0v) is 12.1. The van der Waals surface area contributed by atoms with Crippen molar-refractivity contribution in [2.24, 2.45) is 5.92 Å². The number of thioether (sulfide) groups is 1. The van der Waals surface area contributed by atoms with Gasteiger partial charge in [0, 0.05) is 11.8 Å². The number of nitrogens with one attached hydrogen (secondary N) is 1. The first-order chi connectivity index (χ1) is 8.33. The standard InChI is InChI=1S/C12H21NO4S/c1-12(2,3)17-11(15)13-9-5-6-18-7-8(9)10(14)16-4/h8-9H,5-7H2,1-4H3,(H,13,15)/t8-,9-/m0/s1. The van der Waals surface area contributed by atoms with Gasteiger partial charge >= 0.3 is 12.1 Å². The molecule has 0 aromatic heterocycles. The summed E-state index contributed by atoms with van der Waals surface area (Å²) in [6.07, 6.45) is 0.275. The lowest BCUT2D eigenvalue weighted by molar-refractivity contribution is -0.145. The number of amides is 1.